The highest BCUT2D eigenvalue weighted by Crippen LogP contribution is 2.42. The molecule has 0 radical (unpaired) electrons. The normalized spacial score (nSPS) is 20.2. The van der Waals surface area contributed by atoms with Gasteiger partial charge in [-0.25, -0.2) is 4.98 Å². The molecule has 0 bridgehead atoms. The molecule has 6 rings (SSSR count). The number of rotatable bonds is 3. The third-order valence-electron chi connectivity index (χ3n) is 7.41. The fourth-order valence-corrected chi connectivity index (χ4v) is 5.44. The Labute approximate surface area is 191 Å². The summed E-state index contributed by atoms with van der Waals surface area (Å²) < 4.78 is 4.06. The Bertz CT molecular complexity index is 1560. The lowest BCUT2D eigenvalue weighted by atomic mass is 9.80. The zero-order valence-electron chi connectivity index (χ0n) is 18.8. The van der Waals surface area contributed by atoms with E-state index in [1.807, 2.05) is 23.7 Å². The minimum absolute atomic E-state index is 0.0132. The summed E-state index contributed by atoms with van der Waals surface area (Å²) in [4.78, 5) is 18.6. The summed E-state index contributed by atoms with van der Waals surface area (Å²) in [7, 11) is 2.01. The Morgan fingerprint density at radius 3 is 2.58 bits per heavy atom. The number of aryl methyl sites for hydroxylation is 2. The van der Waals surface area contributed by atoms with Crippen molar-refractivity contribution in [2.75, 3.05) is 5.73 Å². The van der Waals surface area contributed by atoms with Crippen molar-refractivity contribution >= 4 is 27.6 Å². The van der Waals surface area contributed by atoms with Crippen LogP contribution >= 0.6 is 0 Å². The molecule has 0 saturated heterocycles. The number of hydrogen-bond donors (Lipinski definition) is 2. The Morgan fingerprint density at radius 2 is 1.91 bits per heavy atom. The minimum atomic E-state index is -0.0132. The lowest BCUT2D eigenvalue weighted by Crippen LogP contribution is -2.35. The summed E-state index contributed by atoms with van der Waals surface area (Å²) in [5, 5.41) is 10.5. The number of aromatic nitrogens is 3. The van der Waals surface area contributed by atoms with E-state index in [4.69, 9.17) is 16.5 Å². The standard InChI is InChI=1S/C26H26N6O/c1-13-19(14-3-8-21(29)16(9-14)12-27)6-7-20-23(13)32(18-4-5-18)26(33)22-24(20)31(2)25(30-22)15-10-17(28)11-15/h3,6-9,15,17-18H,4-5,10-11,28-29H2,1-2H3. The molecule has 166 valence electrons. The van der Waals surface area contributed by atoms with Gasteiger partial charge >= 0.3 is 0 Å². The van der Waals surface area contributed by atoms with Crippen LogP contribution in [0.4, 0.5) is 5.69 Å². The Balaban J connectivity index is 1.66. The van der Waals surface area contributed by atoms with Crippen LogP contribution in [-0.4, -0.2) is 20.2 Å². The third kappa shape index (κ3) is 2.84. The highest BCUT2D eigenvalue weighted by molar-refractivity contribution is 6.05. The van der Waals surface area contributed by atoms with Gasteiger partial charge in [0, 0.05) is 36.1 Å². The first kappa shape index (κ1) is 20.0. The number of hydrogen-bond acceptors (Lipinski definition) is 5. The molecule has 7 nitrogen and oxygen atoms in total. The summed E-state index contributed by atoms with van der Waals surface area (Å²) >= 11 is 0. The van der Waals surface area contributed by atoms with Crippen molar-refractivity contribution < 1.29 is 0 Å². The zero-order chi connectivity index (χ0) is 23.0. The number of anilines is 1. The van der Waals surface area contributed by atoms with Crippen LogP contribution in [0.1, 0.15) is 54.6 Å². The molecule has 2 aromatic carbocycles. The molecule has 2 aliphatic carbocycles. The quantitative estimate of drug-likeness (QED) is 0.471. The van der Waals surface area contributed by atoms with E-state index in [9.17, 15) is 10.1 Å². The van der Waals surface area contributed by atoms with Gasteiger partial charge in [-0.05, 0) is 61.4 Å². The van der Waals surface area contributed by atoms with E-state index in [0.29, 0.717) is 22.7 Å². The van der Waals surface area contributed by atoms with Gasteiger partial charge in [0.15, 0.2) is 5.52 Å². The van der Waals surface area contributed by atoms with Crippen molar-refractivity contribution in [2.24, 2.45) is 12.8 Å². The second-order valence-corrected chi connectivity index (χ2v) is 9.61. The Kier molecular flexibility index (Phi) is 4.20. The summed E-state index contributed by atoms with van der Waals surface area (Å²) in [5.74, 6) is 1.26. The summed E-state index contributed by atoms with van der Waals surface area (Å²) in [5.41, 5.74) is 18.2. The number of nitrogens with zero attached hydrogens (tertiary/aromatic N) is 4. The maximum Gasteiger partial charge on any atom is 0.279 e. The van der Waals surface area contributed by atoms with Crippen molar-refractivity contribution in [1.82, 2.24) is 14.1 Å². The van der Waals surface area contributed by atoms with Crippen LogP contribution in [0.3, 0.4) is 0 Å². The van der Waals surface area contributed by atoms with E-state index in [0.717, 1.165) is 64.6 Å². The number of nitrogen functional groups attached to an aromatic ring is 1. The van der Waals surface area contributed by atoms with Gasteiger partial charge in [-0.2, -0.15) is 5.26 Å². The largest absolute Gasteiger partial charge is 0.398 e. The van der Waals surface area contributed by atoms with Gasteiger partial charge in [0.1, 0.15) is 11.9 Å². The van der Waals surface area contributed by atoms with Crippen molar-refractivity contribution in [3.05, 3.63) is 57.6 Å². The van der Waals surface area contributed by atoms with Crippen LogP contribution in [0.2, 0.25) is 0 Å². The fraction of sp³-hybridized carbons (Fsp3) is 0.346. The highest BCUT2D eigenvalue weighted by Gasteiger charge is 2.34. The Morgan fingerprint density at radius 1 is 1.15 bits per heavy atom. The smallest absolute Gasteiger partial charge is 0.279 e. The van der Waals surface area contributed by atoms with Crippen LogP contribution < -0.4 is 17.0 Å². The SMILES string of the molecule is Cc1c(-c2ccc(N)c(C#N)c2)ccc2c3c(nc(C4CC(N)C4)n3C)c(=O)n(C3CC3)c12. The molecular weight excluding hydrogens is 412 g/mol. The molecule has 2 fully saturated rings. The van der Waals surface area contributed by atoms with Gasteiger partial charge in [0.25, 0.3) is 5.56 Å². The van der Waals surface area contributed by atoms with E-state index >= 15 is 0 Å². The zero-order valence-corrected chi connectivity index (χ0v) is 18.8. The van der Waals surface area contributed by atoms with Crippen molar-refractivity contribution in [3.63, 3.8) is 0 Å². The van der Waals surface area contributed by atoms with Gasteiger partial charge in [-0.15, -0.1) is 0 Å². The number of fused-ring (bicyclic) bond motifs is 3. The molecule has 0 unspecified atom stereocenters. The van der Waals surface area contributed by atoms with Gasteiger partial charge in [-0.1, -0.05) is 18.2 Å². The van der Waals surface area contributed by atoms with E-state index in [2.05, 4.69) is 29.7 Å². The molecule has 2 heterocycles. The molecule has 0 aliphatic heterocycles. The molecular formula is C26H26N6O. The molecule has 33 heavy (non-hydrogen) atoms. The molecule has 4 N–H and O–H groups in total. The lowest BCUT2D eigenvalue weighted by Gasteiger charge is -2.31. The first-order valence-electron chi connectivity index (χ1n) is 11.5. The number of benzene rings is 2. The maximum atomic E-state index is 13.7. The van der Waals surface area contributed by atoms with E-state index in [1.54, 1.807) is 6.07 Å². The molecule has 4 aromatic rings. The van der Waals surface area contributed by atoms with E-state index in [-0.39, 0.29) is 17.6 Å². The highest BCUT2D eigenvalue weighted by atomic mass is 16.1. The fourth-order valence-electron chi connectivity index (χ4n) is 5.44. The maximum absolute atomic E-state index is 13.7. The summed E-state index contributed by atoms with van der Waals surface area (Å²) in [6.07, 6.45) is 3.82. The second-order valence-electron chi connectivity index (χ2n) is 9.61. The van der Waals surface area contributed by atoms with Crippen LogP contribution in [-0.2, 0) is 7.05 Å². The molecule has 0 atom stereocenters. The van der Waals surface area contributed by atoms with Crippen molar-refractivity contribution in [1.29, 1.82) is 5.26 Å². The number of nitriles is 1. The van der Waals surface area contributed by atoms with Gasteiger partial charge in [0.05, 0.1) is 16.6 Å². The van der Waals surface area contributed by atoms with Crippen molar-refractivity contribution in [3.8, 4) is 17.2 Å². The van der Waals surface area contributed by atoms with Gasteiger partial charge in [-0.3, -0.25) is 4.79 Å². The van der Waals surface area contributed by atoms with Crippen LogP contribution in [0.5, 0.6) is 0 Å². The van der Waals surface area contributed by atoms with Gasteiger partial charge in [0.2, 0.25) is 0 Å². The second kappa shape index (κ2) is 6.93. The minimum Gasteiger partial charge on any atom is -0.398 e. The molecule has 0 spiro atoms. The average molecular weight is 439 g/mol. The predicted molar refractivity (Wildman–Crippen MR) is 130 cm³/mol. The molecule has 2 saturated carbocycles. The topological polar surface area (TPSA) is 116 Å². The monoisotopic (exact) mass is 438 g/mol. The van der Waals surface area contributed by atoms with Crippen LogP contribution in [0.25, 0.3) is 33.1 Å². The first-order valence-corrected chi connectivity index (χ1v) is 11.5. The molecule has 2 aliphatic rings. The van der Waals surface area contributed by atoms with Gasteiger partial charge < -0.3 is 20.6 Å². The van der Waals surface area contributed by atoms with E-state index in [1.165, 1.54) is 0 Å². The predicted octanol–water partition coefficient (Wildman–Crippen LogP) is 3.86. The number of imidazole rings is 1. The van der Waals surface area contributed by atoms with Crippen molar-refractivity contribution in [2.45, 2.75) is 50.6 Å². The summed E-state index contributed by atoms with van der Waals surface area (Å²) in [6.45, 7) is 2.06. The summed E-state index contributed by atoms with van der Waals surface area (Å²) in [6, 6.07) is 12.3. The number of nitrogens with two attached hydrogens (primary N) is 2. The number of pyridine rings is 1. The molecule has 0 amide bonds. The average Bonchev–Trinajstić information content (AvgIpc) is 3.56. The van der Waals surface area contributed by atoms with E-state index < -0.39 is 0 Å². The van der Waals surface area contributed by atoms with Crippen LogP contribution in [0.15, 0.2) is 35.1 Å². The first-order chi connectivity index (χ1) is 15.9. The molecule has 7 heteroatoms. The van der Waals surface area contributed by atoms with Crippen LogP contribution in [0, 0.1) is 18.3 Å². The molecule has 2 aromatic heterocycles. The third-order valence-corrected chi connectivity index (χ3v) is 7.41. The lowest BCUT2D eigenvalue weighted by molar-refractivity contribution is 0.334. The Hall–Kier alpha value is -3.63.